The molecule has 12 heavy (non-hydrogen) atoms. The molecule has 4 nitrogen and oxygen atoms in total. The van der Waals surface area contributed by atoms with E-state index in [9.17, 15) is 0 Å². The van der Waals surface area contributed by atoms with E-state index in [1.807, 2.05) is 20.2 Å². The maximum Gasteiger partial charge on any atom is 0.199 e. The summed E-state index contributed by atoms with van der Waals surface area (Å²) in [6.07, 6.45) is 4.19. The lowest BCUT2D eigenvalue weighted by atomic mass is 10.5. The van der Waals surface area contributed by atoms with Crippen molar-refractivity contribution in [2.75, 3.05) is 32.5 Å². The minimum atomic E-state index is 0.826. The number of likely N-dealkylation sites (N-methyl/N-ethyl adjacent to an activating group) is 1. The first-order valence-corrected chi connectivity index (χ1v) is 3.87. The first-order chi connectivity index (χ1) is 5.79. The van der Waals surface area contributed by atoms with Crippen LogP contribution in [0.2, 0.25) is 0 Å². The van der Waals surface area contributed by atoms with Crippen LogP contribution in [-0.2, 0) is 0 Å². The third-order valence-corrected chi connectivity index (χ3v) is 1.40. The summed E-state index contributed by atoms with van der Waals surface area (Å²) in [5.41, 5.74) is 0. The molecule has 0 unspecified atom stereocenters. The average Bonchev–Trinajstić information content (AvgIpc) is 2.05. The maximum absolute atomic E-state index is 3.91. The Morgan fingerprint density at radius 3 is 3.00 bits per heavy atom. The number of aromatic nitrogens is 2. The lowest BCUT2D eigenvalue weighted by molar-refractivity contribution is 0.425. The highest BCUT2D eigenvalue weighted by Gasteiger charge is 1.91. The monoisotopic (exact) mass is 165 g/mol. The van der Waals surface area contributed by atoms with Crippen molar-refractivity contribution in [3.63, 3.8) is 0 Å². The van der Waals surface area contributed by atoms with E-state index < -0.39 is 0 Å². The molecular weight excluding hydrogens is 152 g/mol. The molecule has 0 saturated heterocycles. The fourth-order valence-corrected chi connectivity index (χ4v) is 0.767. The fourth-order valence-electron chi connectivity index (χ4n) is 0.767. The molecule has 4 heteroatoms. The fraction of sp³-hybridized carbons (Fsp3) is 0.500. The minimum absolute atomic E-state index is 0.826. The summed E-state index contributed by atoms with van der Waals surface area (Å²) >= 11 is 0. The van der Waals surface area contributed by atoms with E-state index in [2.05, 4.69) is 26.5 Å². The molecule has 1 radical (unpaired) electrons. The van der Waals surface area contributed by atoms with Crippen molar-refractivity contribution >= 4 is 5.82 Å². The second-order valence-electron chi connectivity index (χ2n) is 2.77. The lowest BCUT2D eigenvalue weighted by Crippen LogP contribution is -2.21. The van der Waals surface area contributed by atoms with Gasteiger partial charge in [0, 0.05) is 19.3 Å². The molecule has 0 atom stereocenters. The average molecular weight is 165 g/mol. The standard InChI is InChI=1S/C8H13N4/c1-12(2)6-5-10-8-3-4-9-7-11-8/h3-4H,5-6H2,1-2H3,(H,9,10,11). The summed E-state index contributed by atoms with van der Waals surface area (Å²) in [6, 6.07) is 1.83. The number of nitrogens with one attached hydrogen (secondary N) is 1. The van der Waals surface area contributed by atoms with Crippen LogP contribution in [0.15, 0.2) is 12.3 Å². The number of hydrogen-bond acceptors (Lipinski definition) is 4. The zero-order valence-electron chi connectivity index (χ0n) is 7.41. The van der Waals surface area contributed by atoms with E-state index in [-0.39, 0.29) is 0 Å². The van der Waals surface area contributed by atoms with Gasteiger partial charge in [-0.3, -0.25) is 0 Å². The van der Waals surface area contributed by atoms with Crippen LogP contribution in [0.1, 0.15) is 0 Å². The molecule has 0 amide bonds. The largest absolute Gasteiger partial charge is 0.369 e. The second kappa shape index (κ2) is 4.66. The van der Waals surface area contributed by atoms with Gasteiger partial charge in [0.15, 0.2) is 6.33 Å². The molecule has 1 aromatic heterocycles. The van der Waals surface area contributed by atoms with Gasteiger partial charge in [-0.2, -0.15) is 0 Å². The zero-order chi connectivity index (χ0) is 8.81. The van der Waals surface area contributed by atoms with Crippen molar-refractivity contribution in [3.05, 3.63) is 18.6 Å². The van der Waals surface area contributed by atoms with Crippen LogP contribution in [-0.4, -0.2) is 42.1 Å². The molecule has 0 aliphatic carbocycles. The summed E-state index contributed by atoms with van der Waals surface area (Å²) in [5, 5.41) is 3.15. The number of hydrogen-bond donors (Lipinski definition) is 1. The summed E-state index contributed by atoms with van der Waals surface area (Å²) in [4.78, 5) is 9.72. The molecule has 1 aromatic rings. The van der Waals surface area contributed by atoms with Crippen molar-refractivity contribution in [1.82, 2.24) is 14.9 Å². The summed E-state index contributed by atoms with van der Waals surface area (Å²) in [7, 11) is 4.07. The van der Waals surface area contributed by atoms with E-state index in [1.54, 1.807) is 6.20 Å². The molecule has 1 rings (SSSR count). The van der Waals surface area contributed by atoms with Gasteiger partial charge in [-0.25, -0.2) is 9.97 Å². The predicted octanol–water partition coefficient (Wildman–Crippen LogP) is 0.250. The minimum Gasteiger partial charge on any atom is -0.369 e. The molecule has 0 aliphatic rings. The van der Waals surface area contributed by atoms with Crippen LogP contribution in [0.5, 0.6) is 0 Å². The first-order valence-electron chi connectivity index (χ1n) is 3.87. The Hall–Kier alpha value is -1.16. The maximum atomic E-state index is 3.91. The second-order valence-corrected chi connectivity index (χ2v) is 2.77. The Morgan fingerprint density at radius 1 is 1.58 bits per heavy atom. The van der Waals surface area contributed by atoms with Gasteiger partial charge in [-0.1, -0.05) is 0 Å². The molecule has 0 aliphatic heterocycles. The van der Waals surface area contributed by atoms with Crippen molar-refractivity contribution < 1.29 is 0 Å². The van der Waals surface area contributed by atoms with Crippen molar-refractivity contribution in [1.29, 1.82) is 0 Å². The first kappa shape index (κ1) is 8.93. The Kier molecular flexibility index (Phi) is 3.47. The summed E-state index contributed by atoms with van der Waals surface area (Å²) in [6.45, 7) is 1.88. The normalized spacial score (nSPS) is 10.2. The van der Waals surface area contributed by atoms with Crippen LogP contribution in [0.3, 0.4) is 0 Å². The topological polar surface area (TPSA) is 41.0 Å². The zero-order valence-corrected chi connectivity index (χ0v) is 7.41. The van der Waals surface area contributed by atoms with Crippen LogP contribution in [0.25, 0.3) is 0 Å². The summed E-state index contributed by atoms with van der Waals surface area (Å²) < 4.78 is 0. The molecule has 0 saturated carbocycles. The Bertz CT molecular complexity index is 210. The van der Waals surface area contributed by atoms with E-state index in [0.717, 1.165) is 18.9 Å². The van der Waals surface area contributed by atoms with Crippen molar-refractivity contribution in [2.45, 2.75) is 0 Å². The molecule has 1 heterocycles. The van der Waals surface area contributed by atoms with Gasteiger partial charge in [0.1, 0.15) is 5.82 Å². The van der Waals surface area contributed by atoms with Crippen LogP contribution in [0.4, 0.5) is 5.82 Å². The quantitative estimate of drug-likeness (QED) is 0.694. The molecule has 65 valence electrons. The Balaban J connectivity index is 2.25. The van der Waals surface area contributed by atoms with E-state index in [1.165, 1.54) is 0 Å². The van der Waals surface area contributed by atoms with Crippen LogP contribution in [0, 0.1) is 6.33 Å². The van der Waals surface area contributed by atoms with Gasteiger partial charge in [-0.15, -0.1) is 0 Å². The van der Waals surface area contributed by atoms with Gasteiger partial charge in [-0.05, 0) is 20.2 Å². The van der Waals surface area contributed by atoms with Crippen molar-refractivity contribution in [2.24, 2.45) is 0 Å². The van der Waals surface area contributed by atoms with Gasteiger partial charge >= 0.3 is 0 Å². The van der Waals surface area contributed by atoms with Gasteiger partial charge in [0.2, 0.25) is 0 Å². The Labute approximate surface area is 72.6 Å². The van der Waals surface area contributed by atoms with Crippen molar-refractivity contribution in [3.8, 4) is 0 Å². The highest BCUT2D eigenvalue weighted by molar-refractivity contribution is 5.30. The molecular formula is C8H13N4. The molecule has 0 bridgehead atoms. The third-order valence-electron chi connectivity index (χ3n) is 1.40. The Morgan fingerprint density at radius 2 is 2.42 bits per heavy atom. The van der Waals surface area contributed by atoms with Crippen LogP contribution >= 0.6 is 0 Å². The molecule has 0 aromatic carbocycles. The van der Waals surface area contributed by atoms with E-state index in [0.29, 0.717) is 0 Å². The number of rotatable bonds is 4. The lowest BCUT2D eigenvalue weighted by Gasteiger charge is -2.09. The van der Waals surface area contributed by atoms with Gasteiger partial charge in [0.25, 0.3) is 0 Å². The van der Waals surface area contributed by atoms with E-state index >= 15 is 0 Å². The number of anilines is 1. The third kappa shape index (κ3) is 3.30. The molecule has 0 fully saturated rings. The molecule has 0 spiro atoms. The van der Waals surface area contributed by atoms with E-state index in [4.69, 9.17) is 0 Å². The smallest absolute Gasteiger partial charge is 0.199 e. The highest BCUT2D eigenvalue weighted by Crippen LogP contribution is 1.95. The van der Waals surface area contributed by atoms with Crippen LogP contribution < -0.4 is 5.32 Å². The van der Waals surface area contributed by atoms with Gasteiger partial charge < -0.3 is 10.2 Å². The predicted molar refractivity (Wildman–Crippen MR) is 47.9 cm³/mol. The summed E-state index contributed by atoms with van der Waals surface area (Å²) in [5.74, 6) is 0.826. The highest BCUT2D eigenvalue weighted by atomic mass is 15.1. The molecule has 1 N–H and O–H groups in total. The number of nitrogens with zero attached hydrogens (tertiary/aromatic N) is 3. The SMILES string of the molecule is CN(C)CCNc1ccn[c]n1. The van der Waals surface area contributed by atoms with Gasteiger partial charge in [0.05, 0.1) is 0 Å².